The van der Waals surface area contributed by atoms with Gasteiger partial charge in [0.15, 0.2) is 0 Å². The van der Waals surface area contributed by atoms with Gasteiger partial charge in [0.25, 0.3) is 0 Å². The minimum atomic E-state index is 0.575. The lowest BCUT2D eigenvalue weighted by Gasteiger charge is -2.13. The van der Waals surface area contributed by atoms with Gasteiger partial charge in [0, 0.05) is 11.4 Å². The van der Waals surface area contributed by atoms with Crippen molar-refractivity contribution in [3.8, 4) is 0 Å². The average Bonchev–Trinajstić information content (AvgIpc) is 3.25. The monoisotopic (exact) mass is 324 g/mol. The summed E-state index contributed by atoms with van der Waals surface area (Å²) in [5.41, 5.74) is 5.60. The third-order valence-electron chi connectivity index (χ3n) is 5.04. The van der Waals surface area contributed by atoms with Crippen LogP contribution in [0.15, 0.2) is 18.5 Å². The van der Waals surface area contributed by atoms with Gasteiger partial charge < -0.3 is 5.32 Å². The van der Waals surface area contributed by atoms with Crippen molar-refractivity contribution in [2.45, 2.75) is 59.0 Å². The van der Waals surface area contributed by atoms with Gasteiger partial charge in [-0.3, -0.25) is 9.08 Å². The van der Waals surface area contributed by atoms with E-state index in [1.54, 1.807) is 0 Å². The predicted molar refractivity (Wildman–Crippen MR) is 94.3 cm³/mol. The van der Waals surface area contributed by atoms with E-state index in [2.05, 4.69) is 49.4 Å². The van der Waals surface area contributed by atoms with Crippen molar-refractivity contribution >= 4 is 11.5 Å². The fraction of sp³-hybridized carbons (Fsp3) is 0.500. The Bertz CT molecular complexity index is 869. The molecular weight excluding hydrogens is 300 g/mol. The Morgan fingerprint density at radius 3 is 2.75 bits per heavy atom. The first kappa shape index (κ1) is 15.2. The summed E-state index contributed by atoms with van der Waals surface area (Å²) < 4.78 is 4.30. The van der Waals surface area contributed by atoms with Crippen LogP contribution >= 0.6 is 0 Å². The Balaban J connectivity index is 1.55. The standard InChI is InChI=1S/C18H24N6/c1-12-8-13(2)23-16(10-20-18(23)22-12)9-19-17-11-21-24(14(17)3)15-6-4-5-7-15/h8,10-11,15,19H,4-7,9H2,1-3H3. The molecule has 0 bridgehead atoms. The molecule has 0 unspecified atom stereocenters. The average molecular weight is 324 g/mol. The molecule has 6 heteroatoms. The Labute approximate surface area is 141 Å². The molecule has 1 aliphatic rings. The zero-order chi connectivity index (χ0) is 16.7. The van der Waals surface area contributed by atoms with Crippen molar-refractivity contribution in [2.24, 2.45) is 0 Å². The Morgan fingerprint density at radius 2 is 1.96 bits per heavy atom. The van der Waals surface area contributed by atoms with Crippen LogP contribution in [-0.4, -0.2) is 24.1 Å². The van der Waals surface area contributed by atoms with Crippen LogP contribution in [0.3, 0.4) is 0 Å². The van der Waals surface area contributed by atoms with Gasteiger partial charge in [0.1, 0.15) is 0 Å². The van der Waals surface area contributed by atoms with E-state index < -0.39 is 0 Å². The van der Waals surface area contributed by atoms with E-state index >= 15 is 0 Å². The second-order valence-electron chi connectivity index (χ2n) is 6.80. The van der Waals surface area contributed by atoms with Gasteiger partial charge in [-0.15, -0.1) is 0 Å². The first-order chi connectivity index (χ1) is 11.6. The van der Waals surface area contributed by atoms with Crippen LogP contribution < -0.4 is 5.32 Å². The number of nitrogens with one attached hydrogen (secondary N) is 1. The van der Waals surface area contributed by atoms with Gasteiger partial charge in [0.2, 0.25) is 5.78 Å². The largest absolute Gasteiger partial charge is 0.377 e. The minimum Gasteiger partial charge on any atom is -0.377 e. The smallest absolute Gasteiger partial charge is 0.234 e. The number of fused-ring (bicyclic) bond motifs is 1. The second-order valence-corrected chi connectivity index (χ2v) is 6.80. The number of rotatable bonds is 4. The van der Waals surface area contributed by atoms with E-state index in [1.165, 1.54) is 31.4 Å². The zero-order valence-corrected chi connectivity index (χ0v) is 14.6. The normalized spacial score (nSPS) is 15.5. The molecule has 126 valence electrons. The summed E-state index contributed by atoms with van der Waals surface area (Å²) in [6.45, 7) is 6.96. The van der Waals surface area contributed by atoms with Gasteiger partial charge in [0.05, 0.1) is 42.1 Å². The van der Waals surface area contributed by atoms with Crippen LogP contribution in [0.25, 0.3) is 5.78 Å². The number of imidazole rings is 1. The maximum Gasteiger partial charge on any atom is 0.234 e. The molecule has 1 fully saturated rings. The van der Waals surface area contributed by atoms with Crippen LogP contribution in [0.2, 0.25) is 0 Å². The summed E-state index contributed by atoms with van der Waals surface area (Å²) >= 11 is 0. The lowest BCUT2D eigenvalue weighted by atomic mass is 10.2. The molecule has 1 aliphatic carbocycles. The van der Waals surface area contributed by atoms with Gasteiger partial charge in [-0.25, -0.2) is 9.97 Å². The number of nitrogens with zero attached hydrogens (tertiary/aromatic N) is 5. The van der Waals surface area contributed by atoms with Crippen LogP contribution in [-0.2, 0) is 6.54 Å². The Morgan fingerprint density at radius 1 is 1.17 bits per heavy atom. The van der Waals surface area contributed by atoms with E-state index in [0.717, 1.165) is 28.5 Å². The molecule has 0 aromatic carbocycles. The quantitative estimate of drug-likeness (QED) is 0.797. The SMILES string of the molecule is Cc1cc(C)n2c(CNc3cnn(C4CCCC4)c3C)cnc2n1. The van der Waals surface area contributed by atoms with Crippen molar-refractivity contribution in [3.63, 3.8) is 0 Å². The Kier molecular flexibility index (Phi) is 3.75. The molecule has 0 radical (unpaired) electrons. The topological polar surface area (TPSA) is 60.0 Å². The van der Waals surface area contributed by atoms with Gasteiger partial charge in [-0.2, -0.15) is 5.10 Å². The van der Waals surface area contributed by atoms with Crippen LogP contribution in [0.1, 0.15) is 54.5 Å². The van der Waals surface area contributed by atoms with E-state index in [4.69, 9.17) is 0 Å². The van der Waals surface area contributed by atoms with E-state index in [0.29, 0.717) is 12.6 Å². The molecule has 24 heavy (non-hydrogen) atoms. The van der Waals surface area contributed by atoms with Crippen molar-refractivity contribution in [1.82, 2.24) is 24.1 Å². The first-order valence-electron chi connectivity index (χ1n) is 8.72. The number of hydrogen-bond acceptors (Lipinski definition) is 4. The highest BCUT2D eigenvalue weighted by Gasteiger charge is 2.20. The third kappa shape index (κ3) is 2.56. The van der Waals surface area contributed by atoms with Crippen molar-refractivity contribution in [3.05, 3.63) is 41.2 Å². The summed E-state index contributed by atoms with van der Waals surface area (Å²) in [4.78, 5) is 8.93. The van der Waals surface area contributed by atoms with Crippen molar-refractivity contribution in [1.29, 1.82) is 0 Å². The molecule has 3 heterocycles. The zero-order valence-electron chi connectivity index (χ0n) is 14.6. The maximum absolute atomic E-state index is 4.61. The second kappa shape index (κ2) is 5.92. The van der Waals surface area contributed by atoms with Gasteiger partial charge in [-0.1, -0.05) is 12.8 Å². The number of aryl methyl sites for hydroxylation is 2. The number of aromatic nitrogens is 5. The number of hydrogen-bond donors (Lipinski definition) is 1. The Hall–Kier alpha value is -2.37. The van der Waals surface area contributed by atoms with Crippen LogP contribution in [0.5, 0.6) is 0 Å². The fourth-order valence-electron chi connectivity index (χ4n) is 3.82. The third-order valence-corrected chi connectivity index (χ3v) is 5.04. The summed E-state index contributed by atoms with van der Waals surface area (Å²) in [5, 5.41) is 8.13. The van der Waals surface area contributed by atoms with E-state index in [1.807, 2.05) is 19.3 Å². The highest BCUT2D eigenvalue weighted by Crippen LogP contribution is 2.31. The summed E-state index contributed by atoms with van der Waals surface area (Å²) in [7, 11) is 0. The summed E-state index contributed by atoms with van der Waals surface area (Å²) in [6, 6.07) is 2.66. The molecule has 0 saturated heterocycles. The van der Waals surface area contributed by atoms with Crippen LogP contribution in [0.4, 0.5) is 5.69 Å². The number of anilines is 1. The van der Waals surface area contributed by atoms with Crippen molar-refractivity contribution in [2.75, 3.05) is 5.32 Å². The van der Waals surface area contributed by atoms with Crippen LogP contribution in [0, 0.1) is 20.8 Å². The lowest BCUT2D eigenvalue weighted by Crippen LogP contribution is -2.09. The molecule has 0 amide bonds. The molecule has 3 aromatic rings. The van der Waals surface area contributed by atoms with E-state index in [-0.39, 0.29) is 0 Å². The predicted octanol–water partition coefficient (Wildman–Crippen LogP) is 3.58. The molecular formula is C18H24N6. The summed E-state index contributed by atoms with van der Waals surface area (Å²) in [5.74, 6) is 0.766. The highest BCUT2D eigenvalue weighted by molar-refractivity contribution is 5.47. The fourth-order valence-corrected chi connectivity index (χ4v) is 3.82. The summed E-state index contributed by atoms with van der Waals surface area (Å²) in [6.07, 6.45) is 8.99. The minimum absolute atomic E-state index is 0.575. The molecule has 1 N–H and O–H groups in total. The maximum atomic E-state index is 4.61. The highest BCUT2D eigenvalue weighted by atomic mass is 15.3. The molecule has 3 aromatic heterocycles. The molecule has 0 atom stereocenters. The molecule has 6 nitrogen and oxygen atoms in total. The lowest BCUT2D eigenvalue weighted by molar-refractivity contribution is 0.457. The first-order valence-corrected chi connectivity index (χ1v) is 8.72. The van der Waals surface area contributed by atoms with Gasteiger partial charge in [-0.05, 0) is 39.7 Å². The van der Waals surface area contributed by atoms with E-state index in [9.17, 15) is 0 Å². The molecule has 1 saturated carbocycles. The molecule has 4 rings (SSSR count). The molecule has 0 aliphatic heterocycles. The van der Waals surface area contributed by atoms with Crippen molar-refractivity contribution < 1.29 is 0 Å². The molecule has 0 spiro atoms. The van der Waals surface area contributed by atoms with Gasteiger partial charge >= 0.3 is 0 Å².